The molecule has 6 heteroatoms. The Morgan fingerprint density at radius 1 is 1.08 bits per heavy atom. The average molecular weight is 338 g/mol. The van der Waals surface area contributed by atoms with E-state index < -0.39 is 6.04 Å². The highest BCUT2D eigenvalue weighted by molar-refractivity contribution is 6.06. The summed E-state index contributed by atoms with van der Waals surface area (Å²) in [6.07, 6.45) is 0.506. The Hall–Kier alpha value is -3.02. The smallest absolute Gasteiger partial charge is 0.247 e. The van der Waals surface area contributed by atoms with Gasteiger partial charge in [0.2, 0.25) is 11.8 Å². The van der Waals surface area contributed by atoms with Crippen molar-refractivity contribution in [2.75, 3.05) is 23.4 Å². The van der Waals surface area contributed by atoms with Crippen LogP contribution in [0.1, 0.15) is 12.5 Å². The van der Waals surface area contributed by atoms with Crippen LogP contribution in [0.25, 0.3) is 0 Å². The van der Waals surface area contributed by atoms with Gasteiger partial charge >= 0.3 is 0 Å². The van der Waals surface area contributed by atoms with E-state index in [1.165, 1.54) is 6.92 Å². The number of para-hydroxylation sites is 1. The molecular weight excluding hydrogens is 320 g/mol. The highest BCUT2D eigenvalue weighted by Gasteiger charge is 2.36. The summed E-state index contributed by atoms with van der Waals surface area (Å²) in [5.41, 5.74) is 2.42. The van der Waals surface area contributed by atoms with Gasteiger partial charge in [0, 0.05) is 30.8 Å². The molecule has 2 aromatic carbocycles. The van der Waals surface area contributed by atoms with Crippen LogP contribution in [-0.4, -0.2) is 31.1 Å². The molecule has 1 atom stereocenters. The lowest BCUT2D eigenvalue weighted by atomic mass is 10.1. The molecule has 2 aliphatic rings. The normalized spacial score (nSPS) is 17.8. The third kappa shape index (κ3) is 2.80. The zero-order valence-corrected chi connectivity index (χ0v) is 13.8. The first-order valence-electron chi connectivity index (χ1n) is 8.22. The van der Waals surface area contributed by atoms with Gasteiger partial charge in [0.1, 0.15) is 19.3 Å². The van der Waals surface area contributed by atoms with Crippen LogP contribution < -0.4 is 19.7 Å². The van der Waals surface area contributed by atoms with E-state index in [1.807, 2.05) is 24.3 Å². The summed E-state index contributed by atoms with van der Waals surface area (Å²) in [5.74, 6) is 0.917. The van der Waals surface area contributed by atoms with Crippen molar-refractivity contribution in [2.24, 2.45) is 0 Å². The van der Waals surface area contributed by atoms with Crippen molar-refractivity contribution in [2.45, 2.75) is 19.4 Å². The van der Waals surface area contributed by atoms with Crippen LogP contribution in [0, 0.1) is 0 Å². The second-order valence-corrected chi connectivity index (χ2v) is 6.09. The van der Waals surface area contributed by atoms with Gasteiger partial charge in [-0.15, -0.1) is 0 Å². The van der Waals surface area contributed by atoms with Gasteiger partial charge in [-0.1, -0.05) is 18.2 Å². The lowest BCUT2D eigenvalue weighted by molar-refractivity contribution is -0.122. The molecule has 0 aromatic heterocycles. The van der Waals surface area contributed by atoms with E-state index in [4.69, 9.17) is 9.47 Å². The summed E-state index contributed by atoms with van der Waals surface area (Å²) in [6, 6.07) is 12.3. The molecule has 0 saturated carbocycles. The topological polar surface area (TPSA) is 67.9 Å². The largest absolute Gasteiger partial charge is 0.486 e. The summed E-state index contributed by atoms with van der Waals surface area (Å²) in [7, 11) is 0. The number of hydrogen-bond acceptors (Lipinski definition) is 4. The zero-order chi connectivity index (χ0) is 17.4. The van der Waals surface area contributed by atoms with Crippen molar-refractivity contribution >= 4 is 23.2 Å². The van der Waals surface area contributed by atoms with Gasteiger partial charge in [-0.25, -0.2) is 0 Å². The number of nitrogens with zero attached hydrogens (tertiary/aromatic N) is 1. The average Bonchev–Trinajstić information content (AvgIpc) is 3.01. The fraction of sp³-hybridized carbons (Fsp3) is 0.263. The Morgan fingerprint density at radius 3 is 2.64 bits per heavy atom. The zero-order valence-electron chi connectivity index (χ0n) is 13.8. The summed E-state index contributed by atoms with van der Waals surface area (Å²) < 4.78 is 11.0. The predicted octanol–water partition coefficient (Wildman–Crippen LogP) is 2.37. The number of amides is 2. The summed E-state index contributed by atoms with van der Waals surface area (Å²) >= 11 is 0. The number of fused-ring (bicyclic) bond motifs is 2. The fourth-order valence-corrected chi connectivity index (χ4v) is 3.33. The molecule has 0 unspecified atom stereocenters. The molecule has 2 amide bonds. The van der Waals surface area contributed by atoms with Crippen molar-refractivity contribution in [3.05, 3.63) is 48.0 Å². The van der Waals surface area contributed by atoms with Gasteiger partial charge < -0.3 is 14.8 Å². The van der Waals surface area contributed by atoms with Crippen molar-refractivity contribution in [1.82, 2.24) is 0 Å². The van der Waals surface area contributed by atoms with Crippen LogP contribution in [0.4, 0.5) is 11.4 Å². The standard InChI is InChI=1S/C19H18N2O4/c1-12(22)21-15-5-3-2-4-13(15)10-16(21)19(23)20-14-6-7-17-18(11-14)25-9-8-24-17/h2-7,11,16H,8-10H2,1H3,(H,20,23)/t16-/m1/s1. The first-order valence-corrected chi connectivity index (χ1v) is 8.22. The molecular formula is C19H18N2O4. The monoisotopic (exact) mass is 338 g/mol. The van der Waals surface area contributed by atoms with Crippen LogP contribution in [-0.2, 0) is 16.0 Å². The Labute approximate surface area is 145 Å². The van der Waals surface area contributed by atoms with Gasteiger partial charge in [0.15, 0.2) is 11.5 Å². The third-order valence-corrected chi connectivity index (χ3v) is 4.43. The minimum Gasteiger partial charge on any atom is -0.486 e. The Bertz CT molecular complexity index is 849. The van der Waals surface area contributed by atoms with Gasteiger partial charge in [-0.3, -0.25) is 14.5 Å². The maximum absolute atomic E-state index is 12.8. The number of hydrogen-bond donors (Lipinski definition) is 1. The van der Waals surface area contributed by atoms with E-state index >= 15 is 0 Å². The van der Waals surface area contributed by atoms with Crippen molar-refractivity contribution in [3.8, 4) is 11.5 Å². The Morgan fingerprint density at radius 2 is 1.84 bits per heavy atom. The van der Waals surface area contributed by atoms with Crippen LogP contribution in [0.5, 0.6) is 11.5 Å². The SMILES string of the molecule is CC(=O)N1c2ccccc2C[C@@H]1C(=O)Nc1ccc2c(c1)OCCO2. The maximum atomic E-state index is 12.8. The van der Waals surface area contributed by atoms with Crippen LogP contribution >= 0.6 is 0 Å². The van der Waals surface area contributed by atoms with Gasteiger partial charge in [0.05, 0.1) is 0 Å². The molecule has 1 N–H and O–H groups in total. The van der Waals surface area contributed by atoms with Crippen molar-refractivity contribution < 1.29 is 19.1 Å². The number of carbonyl (C=O) groups excluding carboxylic acids is 2. The number of nitrogens with one attached hydrogen (secondary N) is 1. The number of rotatable bonds is 2. The molecule has 25 heavy (non-hydrogen) atoms. The minimum absolute atomic E-state index is 0.146. The van der Waals surface area contributed by atoms with E-state index in [1.54, 1.807) is 23.1 Å². The molecule has 0 aliphatic carbocycles. The molecule has 0 saturated heterocycles. The molecule has 2 aliphatic heterocycles. The Kier molecular flexibility index (Phi) is 3.80. The molecule has 128 valence electrons. The number of benzene rings is 2. The fourth-order valence-electron chi connectivity index (χ4n) is 3.33. The number of ether oxygens (including phenoxy) is 2. The van der Waals surface area contributed by atoms with Gasteiger partial charge in [-0.2, -0.15) is 0 Å². The van der Waals surface area contributed by atoms with E-state index in [9.17, 15) is 9.59 Å². The third-order valence-electron chi connectivity index (χ3n) is 4.43. The predicted molar refractivity (Wildman–Crippen MR) is 93.2 cm³/mol. The summed E-state index contributed by atoms with van der Waals surface area (Å²) in [6.45, 7) is 2.49. The summed E-state index contributed by atoms with van der Waals surface area (Å²) in [5, 5.41) is 2.89. The molecule has 2 aromatic rings. The first kappa shape index (κ1) is 15.5. The molecule has 0 bridgehead atoms. The highest BCUT2D eigenvalue weighted by Crippen LogP contribution is 2.35. The number of anilines is 2. The molecule has 6 nitrogen and oxygen atoms in total. The minimum atomic E-state index is -0.553. The molecule has 2 heterocycles. The van der Waals surface area contributed by atoms with Crippen LogP contribution in [0.2, 0.25) is 0 Å². The molecule has 4 rings (SSSR count). The molecule has 0 spiro atoms. The second-order valence-electron chi connectivity index (χ2n) is 6.09. The highest BCUT2D eigenvalue weighted by atomic mass is 16.6. The lowest BCUT2D eigenvalue weighted by Crippen LogP contribution is -2.44. The van der Waals surface area contributed by atoms with E-state index in [0.29, 0.717) is 36.8 Å². The van der Waals surface area contributed by atoms with Crippen LogP contribution in [0.15, 0.2) is 42.5 Å². The van der Waals surface area contributed by atoms with E-state index in [2.05, 4.69) is 5.32 Å². The van der Waals surface area contributed by atoms with Crippen molar-refractivity contribution in [3.63, 3.8) is 0 Å². The molecule has 0 fully saturated rings. The Balaban J connectivity index is 1.56. The lowest BCUT2D eigenvalue weighted by Gasteiger charge is -2.24. The first-order chi connectivity index (χ1) is 12.1. The van der Waals surface area contributed by atoms with E-state index in [0.717, 1.165) is 11.3 Å². The van der Waals surface area contributed by atoms with Gasteiger partial charge in [0.25, 0.3) is 0 Å². The second kappa shape index (κ2) is 6.12. The van der Waals surface area contributed by atoms with Crippen molar-refractivity contribution in [1.29, 1.82) is 0 Å². The van der Waals surface area contributed by atoms with Crippen LogP contribution in [0.3, 0.4) is 0 Å². The number of carbonyl (C=O) groups is 2. The maximum Gasteiger partial charge on any atom is 0.247 e. The quantitative estimate of drug-likeness (QED) is 0.913. The van der Waals surface area contributed by atoms with E-state index in [-0.39, 0.29) is 11.8 Å². The molecule has 0 radical (unpaired) electrons. The van der Waals surface area contributed by atoms with Gasteiger partial charge in [-0.05, 0) is 23.8 Å². The summed E-state index contributed by atoms with van der Waals surface area (Å²) in [4.78, 5) is 26.4.